The van der Waals surface area contributed by atoms with Crippen molar-refractivity contribution < 1.29 is 14.7 Å². The van der Waals surface area contributed by atoms with Crippen LogP contribution in [0.5, 0.6) is 0 Å². The molecular weight excluding hydrogens is 414 g/mol. The summed E-state index contributed by atoms with van der Waals surface area (Å²) in [7, 11) is 0. The van der Waals surface area contributed by atoms with Crippen LogP contribution in [0.3, 0.4) is 0 Å². The highest BCUT2D eigenvalue weighted by Crippen LogP contribution is 2.34. The summed E-state index contributed by atoms with van der Waals surface area (Å²) in [6, 6.07) is 15.0. The molecule has 6 nitrogen and oxygen atoms in total. The fourth-order valence-electron chi connectivity index (χ4n) is 4.34. The van der Waals surface area contributed by atoms with E-state index < -0.39 is 11.9 Å². The van der Waals surface area contributed by atoms with E-state index in [0.717, 1.165) is 28.1 Å². The average Bonchev–Trinajstić information content (AvgIpc) is 3.32. The van der Waals surface area contributed by atoms with E-state index in [9.17, 15) is 14.7 Å². The van der Waals surface area contributed by atoms with Crippen molar-refractivity contribution in [2.45, 2.75) is 26.7 Å². The maximum absolute atomic E-state index is 13.2. The number of aryl methyl sites for hydroxylation is 3. The first-order valence-corrected chi connectivity index (χ1v) is 10.5. The highest BCUT2D eigenvalue weighted by atomic mass is 35.5. The molecule has 0 bridgehead atoms. The zero-order valence-corrected chi connectivity index (χ0v) is 18.4. The summed E-state index contributed by atoms with van der Waals surface area (Å²) in [6.45, 7) is 6.43. The van der Waals surface area contributed by atoms with Gasteiger partial charge in [0.05, 0.1) is 11.6 Å². The lowest BCUT2D eigenvalue weighted by Gasteiger charge is -2.15. The van der Waals surface area contributed by atoms with Crippen molar-refractivity contribution in [1.82, 2.24) is 14.7 Å². The standard InChI is InChI=1S/C24H24ClN3O3/c1-14-8-15(2)10-19(9-14)28-16(3)11-22(26-28)23(29)27-12-20(21(13-27)24(30)31)17-4-6-18(25)7-5-17/h4-11,20-21H,12-13H2,1-3H3,(H,30,31)/t20-,21+/m0/s1. The molecule has 7 heteroatoms. The molecule has 1 N–H and O–H groups in total. The zero-order valence-electron chi connectivity index (χ0n) is 17.7. The number of aromatic nitrogens is 2. The topological polar surface area (TPSA) is 75.4 Å². The molecule has 1 aromatic heterocycles. The summed E-state index contributed by atoms with van der Waals surface area (Å²) < 4.78 is 1.76. The average molecular weight is 438 g/mol. The molecular formula is C24H24ClN3O3. The highest BCUT2D eigenvalue weighted by Gasteiger charge is 2.41. The maximum atomic E-state index is 13.2. The van der Waals surface area contributed by atoms with Crippen molar-refractivity contribution in [1.29, 1.82) is 0 Å². The van der Waals surface area contributed by atoms with Gasteiger partial charge in [0.25, 0.3) is 5.91 Å². The molecule has 1 aliphatic heterocycles. The molecule has 3 aromatic rings. The van der Waals surface area contributed by atoms with Crippen molar-refractivity contribution in [3.8, 4) is 5.69 Å². The summed E-state index contributed by atoms with van der Waals surface area (Å²) in [5.41, 5.74) is 5.16. The number of rotatable bonds is 4. The molecule has 1 fully saturated rings. The van der Waals surface area contributed by atoms with Crippen LogP contribution in [0.15, 0.2) is 48.5 Å². The predicted octanol–water partition coefficient (Wildman–Crippen LogP) is 4.39. The molecule has 2 atom stereocenters. The Morgan fingerprint density at radius 1 is 1.00 bits per heavy atom. The van der Waals surface area contributed by atoms with E-state index in [1.165, 1.54) is 0 Å². The number of carbonyl (C=O) groups is 2. The molecule has 0 spiro atoms. The first-order chi connectivity index (χ1) is 14.7. The highest BCUT2D eigenvalue weighted by molar-refractivity contribution is 6.30. The number of halogens is 1. The van der Waals surface area contributed by atoms with E-state index >= 15 is 0 Å². The Hall–Kier alpha value is -3.12. The van der Waals surface area contributed by atoms with Crippen LogP contribution < -0.4 is 0 Å². The molecule has 1 aliphatic rings. The predicted molar refractivity (Wildman–Crippen MR) is 119 cm³/mol. The number of hydrogen-bond donors (Lipinski definition) is 1. The summed E-state index contributed by atoms with van der Waals surface area (Å²) in [5, 5.41) is 14.9. The van der Waals surface area contributed by atoms with E-state index in [-0.39, 0.29) is 18.4 Å². The quantitative estimate of drug-likeness (QED) is 0.656. The summed E-state index contributed by atoms with van der Waals surface area (Å²) >= 11 is 5.97. The monoisotopic (exact) mass is 437 g/mol. The Morgan fingerprint density at radius 2 is 1.65 bits per heavy atom. The van der Waals surface area contributed by atoms with Gasteiger partial charge in [0, 0.05) is 29.7 Å². The van der Waals surface area contributed by atoms with Crippen molar-refractivity contribution >= 4 is 23.5 Å². The largest absolute Gasteiger partial charge is 0.481 e. The fourth-order valence-corrected chi connectivity index (χ4v) is 4.47. The Labute approximate surface area is 186 Å². The molecule has 2 aromatic carbocycles. The van der Waals surface area contributed by atoms with Gasteiger partial charge in [-0.05, 0) is 67.8 Å². The molecule has 0 saturated carbocycles. The van der Waals surface area contributed by atoms with Gasteiger partial charge in [0.2, 0.25) is 0 Å². The third kappa shape index (κ3) is 4.21. The third-order valence-corrected chi connectivity index (χ3v) is 6.03. The van der Waals surface area contributed by atoms with Crippen LogP contribution in [0.1, 0.15) is 38.8 Å². The van der Waals surface area contributed by atoms with Gasteiger partial charge in [0.1, 0.15) is 0 Å². The first-order valence-electron chi connectivity index (χ1n) is 10.2. The molecule has 1 saturated heterocycles. The molecule has 1 amide bonds. The zero-order chi connectivity index (χ0) is 22.3. The second-order valence-corrected chi connectivity index (χ2v) is 8.68. The lowest BCUT2D eigenvalue weighted by atomic mass is 9.89. The molecule has 0 radical (unpaired) electrons. The van der Waals surface area contributed by atoms with Gasteiger partial charge in [-0.1, -0.05) is 29.8 Å². The summed E-state index contributed by atoms with van der Waals surface area (Å²) in [4.78, 5) is 26.7. The van der Waals surface area contributed by atoms with Gasteiger partial charge < -0.3 is 10.0 Å². The van der Waals surface area contributed by atoms with Gasteiger partial charge in [-0.15, -0.1) is 0 Å². The van der Waals surface area contributed by atoms with Gasteiger partial charge in [-0.2, -0.15) is 5.10 Å². The van der Waals surface area contributed by atoms with Gasteiger partial charge in [-0.25, -0.2) is 4.68 Å². The number of benzene rings is 2. The Morgan fingerprint density at radius 3 is 2.26 bits per heavy atom. The van der Waals surface area contributed by atoms with Crippen LogP contribution in [-0.2, 0) is 4.79 Å². The van der Waals surface area contributed by atoms with E-state index in [1.807, 2.05) is 45.0 Å². The van der Waals surface area contributed by atoms with E-state index in [1.54, 1.807) is 27.8 Å². The van der Waals surface area contributed by atoms with Crippen molar-refractivity contribution in [2.24, 2.45) is 5.92 Å². The minimum absolute atomic E-state index is 0.150. The minimum atomic E-state index is -0.910. The fraction of sp³-hybridized carbons (Fsp3) is 0.292. The molecule has 4 rings (SSSR count). The number of likely N-dealkylation sites (tertiary alicyclic amines) is 1. The van der Waals surface area contributed by atoms with Crippen LogP contribution in [0.2, 0.25) is 5.02 Å². The first kappa shape index (κ1) is 21.1. The van der Waals surface area contributed by atoms with Crippen molar-refractivity contribution in [3.63, 3.8) is 0 Å². The molecule has 0 aliphatic carbocycles. The number of carboxylic acids is 1. The minimum Gasteiger partial charge on any atom is -0.481 e. The van der Waals surface area contributed by atoms with Crippen LogP contribution in [0, 0.1) is 26.7 Å². The Bertz CT molecular complexity index is 1130. The molecule has 2 heterocycles. The van der Waals surface area contributed by atoms with Gasteiger partial charge in [0.15, 0.2) is 5.69 Å². The van der Waals surface area contributed by atoms with Crippen LogP contribution in [-0.4, -0.2) is 44.8 Å². The number of aliphatic carboxylic acids is 1. The van der Waals surface area contributed by atoms with Crippen molar-refractivity contribution in [3.05, 3.63) is 81.6 Å². The second kappa shape index (κ2) is 8.19. The third-order valence-electron chi connectivity index (χ3n) is 5.78. The number of nitrogens with zero attached hydrogens (tertiary/aromatic N) is 3. The van der Waals surface area contributed by atoms with Crippen molar-refractivity contribution in [2.75, 3.05) is 13.1 Å². The van der Waals surface area contributed by atoms with E-state index in [4.69, 9.17) is 11.6 Å². The van der Waals surface area contributed by atoms with Crippen LogP contribution in [0.4, 0.5) is 0 Å². The summed E-state index contributed by atoms with van der Waals surface area (Å²) in [6.07, 6.45) is 0. The second-order valence-electron chi connectivity index (χ2n) is 8.24. The number of amides is 1. The molecule has 160 valence electrons. The maximum Gasteiger partial charge on any atom is 0.308 e. The Balaban J connectivity index is 1.61. The lowest BCUT2D eigenvalue weighted by molar-refractivity contribution is -0.141. The van der Waals surface area contributed by atoms with E-state index in [2.05, 4.69) is 11.2 Å². The normalized spacial score (nSPS) is 18.4. The molecule has 0 unspecified atom stereocenters. The lowest BCUT2D eigenvalue weighted by Crippen LogP contribution is -2.30. The van der Waals surface area contributed by atoms with Gasteiger partial charge in [-0.3, -0.25) is 9.59 Å². The number of hydrogen-bond acceptors (Lipinski definition) is 3. The number of carbonyl (C=O) groups excluding carboxylic acids is 1. The Kier molecular flexibility index (Phi) is 5.58. The van der Waals surface area contributed by atoms with E-state index in [0.29, 0.717) is 17.3 Å². The SMILES string of the molecule is Cc1cc(C)cc(-n2nc(C(=O)N3C[C@@H](C(=O)O)[C@H](c4ccc(Cl)cc4)C3)cc2C)c1. The smallest absolute Gasteiger partial charge is 0.308 e. The molecule has 31 heavy (non-hydrogen) atoms. The van der Waals surface area contributed by atoms with Crippen LogP contribution >= 0.6 is 11.6 Å². The summed E-state index contributed by atoms with van der Waals surface area (Å²) in [5.74, 6) is -2.13. The van der Waals surface area contributed by atoms with Gasteiger partial charge >= 0.3 is 5.97 Å². The number of carboxylic acid groups (broad SMARTS) is 1. The van der Waals surface area contributed by atoms with Crippen LogP contribution in [0.25, 0.3) is 5.69 Å².